The topological polar surface area (TPSA) is 84.9 Å². The van der Waals surface area contributed by atoms with Crippen LogP contribution >= 0.6 is 0 Å². The van der Waals surface area contributed by atoms with E-state index >= 15 is 0 Å². The van der Waals surface area contributed by atoms with Gasteiger partial charge in [-0.05, 0) is 13.3 Å². The van der Waals surface area contributed by atoms with Crippen LogP contribution in [0.4, 0.5) is 0 Å². The normalized spacial score (nSPS) is 27.6. The molecule has 84 valence electrons. The minimum atomic E-state index is -0.853. The molecule has 1 unspecified atom stereocenters. The number of carboxylic acids is 1. The Kier molecular flexibility index (Phi) is 3.34. The smallest absolute Gasteiger partial charge is 0.305 e. The Bertz CT molecular complexity index is 323. The Morgan fingerprint density at radius 3 is 2.93 bits per heavy atom. The molecule has 0 aromatic carbocycles. The number of ether oxygens (including phenoxy) is 1. The Hall–Kier alpha value is -1.52. The zero-order chi connectivity index (χ0) is 11.5. The van der Waals surface area contributed by atoms with Crippen molar-refractivity contribution in [2.24, 2.45) is 10.7 Å². The number of hydrogen-bond donors (Lipinski definition) is 2. The first kappa shape index (κ1) is 11.6. The summed E-state index contributed by atoms with van der Waals surface area (Å²) >= 11 is 0. The largest absolute Gasteiger partial charge is 0.481 e. The summed E-state index contributed by atoms with van der Waals surface area (Å²) in [5.74, 6) is -0.512. The van der Waals surface area contributed by atoms with Crippen molar-refractivity contribution in [1.29, 1.82) is 0 Å². The molecule has 1 heterocycles. The van der Waals surface area contributed by atoms with E-state index < -0.39 is 11.6 Å². The van der Waals surface area contributed by atoms with Crippen LogP contribution in [-0.4, -0.2) is 28.9 Å². The summed E-state index contributed by atoms with van der Waals surface area (Å²) in [5.41, 5.74) is 5.78. The second kappa shape index (κ2) is 4.33. The predicted octanol–water partition coefficient (Wildman–Crippen LogP) is 0.901. The van der Waals surface area contributed by atoms with Crippen molar-refractivity contribution in [1.82, 2.24) is 0 Å². The molecule has 3 N–H and O–H groups in total. The first-order valence-electron chi connectivity index (χ1n) is 4.91. The van der Waals surface area contributed by atoms with Crippen LogP contribution in [-0.2, 0) is 9.53 Å². The monoisotopic (exact) mass is 212 g/mol. The number of carboxylic acid groups (broad SMARTS) is 1. The van der Waals surface area contributed by atoms with E-state index in [0.717, 1.165) is 12.1 Å². The lowest BCUT2D eigenvalue weighted by molar-refractivity contribution is -0.136. The maximum atomic E-state index is 10.3. The standard InChI is InChI=1S/C10H16N2O3/c1-3-10(2)7(6-8(11)15-10)12-5-4-9(13)14/h6H,3-5,11H2,1-2H3,(H,13,14). The van der Waals surface area contributed by atoms with E-state index in [-0.39, 0.29) is 13.0 Å². The van der Waals surface area contributed by atoms with Crippen LogP contribution in [0.25, 0.3) is 0 Å². The summed E-state index contributed by atoms with van der Waals surface area (Å²) in [5, 5.41) is 8.49. The Morgan fingerprint density at radius 2 is 2.40 bits per heavy atom. The molecule has 0 amide bonds. The number of hydrogen-bond acceptors (Lipinski definition) is 4. The summed E-state index contributed by atoms with van der Waals surface area (Å²) in [6.07, 6.45) is 2.43. The highest BCUT2D eigenvalue weighted by Gasteiger charge is 2.35. The molecule has 0 radical (unpaired) electrons. The molecule has 0 saturated carbocycles. The van der Waals surface area contributed by atoms with E-state index in [1.807, 2.05) is 13.8 Å². The fourth-order valence-electron chi connectivity index (χ4n) is 1.37. The minimum Gasteiger partial charge on any atom is -0.481 e. The van der Waals surface area contributed by atoms with E-state index in [0.29, 0.717) is 5.88 Å². The zero-order valence-corrected chi connectivity index (χ0v) is 8.99. The fourth-order valence-corrected chi connectivity index (χ4v) is 1.37. The van der Waals surface area contributed by atoms with E-state index in [1.165, 1.54) is 0 Å². The van der Waals surface area contributed by atoms with Gasteiger partial charge in [-0.25, -0.2) is 0 Å². The van der Waals surface area contributed by atoms with Gasteiger partial charge in [0.05, 0.1) is 12.1 Å². The molecule has 1 aliphatic rings. The van der Waals surface area contributed by atoms with Crippen LogP contribution in [0.2, 0.25) is 0 Å². The number of carbonyl (C=O) groups is 1. The molecule has 0 aliphatic carbocycles. The van der Waals surface area contributed by atoms with E-state index in [1.54, 1.807) is 6.08 Å². The van der Waals surface area contributed by atoms with Gasteiger partial charge in [0.25, 0.3) is 0 Å². The molecule has 0 spiro atoms. The average Bonchev–Trinajstić information content (AvgIpc) is 2.42. The summed E-state index contributed by atoms with van der Waals surface area (Å²) in [6, 6.07) is 0. The van der Waals surface area contributed by atoms with Crippen LogP contribution in [0, 0.1) is 0 Å². The van der Waals surface area contributed by atoms with Gasteiger partial charge in [0.1, 0.15) is 5.60 Å². The first-order valence-corrected chi connectivity index (χ1v) is 4.91. The van der Waals surface area contributed by atoms with Gasteiger partial charge in [0.2, 0.25) is 0 Å². The highest BCUT2D eigenvalue weighted by molar-refractivity contribution is 6.03. The highest BCUT2D eigenvalue weighted by atomic mass is 16.5. The molecule has 0 aromatic heterocycles. The number of aliphatic carboxylic acids is 1. The van der Waals surface area contributed by atoms with Crippen LogP contribution in [0.1, 0.15) is 26.7 Å². The summed E-state index contributed by atoms with van der Waals surface area (Å²) in [6.45, 7) is 4.12. The first-order chi connectivity index (χ1) is 6.98. The molecule has 15 heavy (non-hydrogen) atoms. The van der Waals surface area contributed by atoms with Gasteiger partial charge in [-0.15, -0.1) is 0 Å². The number of nitrogens with zero attached hydrogens (tertiary/aromatic N) is 1. The predicted molar refractivity (Wildman–Crippen MR) is 56.6 cm³/mol. The SMILES string of the molecule is CCC1(C)OC(N)=CC1=NCCC(=O)O. The third kappa shape index (κ3) is 2.71. The van der Waals surface area contributed by atoms with Crippen molar-refractivity contribution >= 4 is 11.7 Å². The maximum absolute atomic E-state index is 10.3. The lowest BCUT2D eigenvalue weighted by atomic mass is 9.98. The van der Waals surface area contributed by atoms with E-state index in [9.17, 15) is 4.79 Å². The van der Waals surface area contributed by atoms with Crippen LogP contribution < -0.4 is 5.73 Å². The molecule has 1 aliphatic heterocycles. The van der Waals surface area contributed by atoms with E-state index in [4.69, 9.17) is 15.6 Å². The van der Waals surface area contributed by atoms with Crippen molar-refractivity contribution in [3.63, 3.8) is 0 Å². The van der Waals surface area contributed by atoms with Crippen LogP contribution in [0.5, 0.6) is 0 Å². The van der Waals surface area contributed by atoms with Crippen molar-refractivity contribution in [3.05, 3.63) is 12.0 Å². The summed E-state index contributed by atoms with van der Waals surface area (Å²) < 4.78 is 5.43. The molecule has 0 saturated heterocycles. The van der Waals surface area contributed by atoms with Crippen LogP contribution in [0.15, 0.2) is 17.0 Å². The molecule has 0 fully saturated rings. The van der Waals surface area contributed by atoms with Crippen molar-refractivity contribution in [2.75, 3.05) is 6.54 Å². The molecular weight excluding hydrogens is 196 g/mol. The van der Waals surface area contributed by atoms with Gasteiger partial charge in [-0.3, -0.25) is 9.79 Å². The second-order valence-corrected chi connectivity index (χ2v) is 3.64. The van der Waals surface area contributed by atoms with Crippen molar-refractivity contribution in [2.45, 2.75) is 32.3 Å². The molecule has 1 atom stereocenters. The third-order valence-corrected chi connectivity index (χ3v) is 2.45. The Morgan fingerprint density at radius 1 is 1.73 bits per heavy atom. The van der Waals surface area contributed by atoms with Gasteiger partial charge in [0, 0.05) is 12.6 Å². The van der Waals surface area contributed by atoms with Gasteiger partial charge < -0.3 is 15.6 Å². The quantitative estimate of drug-likeness (QED) is 0.725. The van der Waals surface area contributed by atoms with Gasteiger partial charge in [-0.1, -0.05) is 6.92 Å². The summed E-state index contributed by atoms with van der Waals surface area (Å²) in [7, 11) is 0. The molecule has 5 nitrogen and oxygen atoms in total. The number of rotatable bonds is 4. The average molecular weight is 212 g/mol. The van der Waals surface area contributed by atoms with Crippen molar-refractivity contribution < 1.29 is 14.6 Å². The van der Waals surface area contributed by atoms with Gasteiger partial charge in [-0.2, -0.15) is 0 Å². The number of nitrogens with two attached hydrogens (primary N) is 1. The molecule has 5 heteroatoms. The van der Waals surface area contributed by atoms with Crippen molar-refractivity contribution in [3.8, 4) is 0 Å². The summed E-state index contributed by atoms with van der Waals surface area (Å²) in [4.78, 5) is 14.5. The molecule has 1 rings (SSSR count). The van der Waals surface area contributed by atoms with E-state index in [2.05, 4.69) is 4.99 Å². The van der Waals surface area contributed by atoms with Crippen LogP contribution in [0.3, 0.4) is 0 Å². The fraction of sp³-hybridized carbons (Fsp3) is 0.600. The maximum Gasteiger partial charge on any atom is 0.305 e. The Balaban J connectivity index is 2.69. The molecule has 0 bridgehead atoms. The lowest BCUT2D eigenvalue weighted by Gasteiger charge is -2.23. The minimum absolute atomic E-state index is 0.0248. The lowest BCUT2D eigenvalue weighted by Crippen LogP contribution is -2.32. The zero-order valence-electron chi connectivity index (χ0n) is 8.99. The second-order valence-electron chi connectivity index (χ2n) is 3.64. The number of aliphatic imine (C=N–C) groups is 1. The highest BCUT2D eigenvalue weighted by Crippen LogP contribution is 2.26. The van der Waals surface area contributed by atoms with Gasteiger partial charge >= 0.3 is 5.97 Å². The van der Waals surface area contributed by atoms with Gasteiger partial charge in [0.15, 0.2) is 5.88 Å². The molecule has 0 aromatic rings. The Labute approximate surface area is 88.6 Å². The third-order valence-electron chi connectivity index (χ3n) is 2.45. The molecular formula is C10H16N2O3.